The molecule has 2 fully saturated rings. The number of aryl methyl sites for hydroxylation is 1. The molecule has 1 aliphatic carbocycles. The lowest BCUT2D eigenvalue weighted by Crippen LogP contribution is -2.73. The average Bonchev–Trinajstić information content (AvgIpc) is 2.82. The van der Waals surface area contributed by atoms with Gasteiger partial charge in [0.25, 0.3) is 0 Å². The van der Waals surface area contributed by atoms with Gasteiger partial charge in [-0.3, -0.25) is 0 Å². The van der Waals surface area contributed by atoms with E-state index in [1.54, 1.807) is 6.07 Å². The zero-order chi connectivity index (χ0) is 22.6. The number of benzene rings is 3. The van der Waals surface area contributed by atoms with E-state index in [2.05, 4.69) is 72.2 Å². The van der Waals surface area contributed by atoms with E-state index in [0.29, 0.717) is 5.11 Å². The summed E-state index contributed by atoms with van der Waals surface area (Å²) in [6.07, 6.45) is 3.22. The molecule has 4 nitrogen and oxygen atoms in total. The van der Waals surface area contributed by atoms with Crippen molar-refractivity contribution in [2.45, 2.75) is 43.9 Å². The van der Waals surface area contributed by atoms with Gasteiger partial charge >= 0.3 is 0 Å². The molecule has 1 saturated carbocycles. The van der Waals surface area contributed by atoms with E-state index in [1.807, 2.05) is 12.1 Å². The highest BCUT2D eigenvalue weighted by Crippen LogP contribution is 2.58. The Balaban J connectivity index is 1.56. The molecule has 5 atom stereocenters. The quantitative estimate of drug-likeness (QED) is 0.441. The first-order valence-electron chi connectivity index (χ1n) is 11.8. The summed E-state index contributed by atoms with van der Waals surface area (Å²) >= 11 is 5.77. The van der Waals surface area contributed by atoms with Crippen molar-refractivity contribution in [2.24, 2.45) is 11.8 Å². The van der Waals surface area contributed by atoms with E-state index >= 15 is 0 Å². The van der Waals surface area contributed by atoms with Crippen LogP contribution in [0.3, 0.4) is 0 Å². The summed E-state index contributed by atoms with van der Waals surface area (Å²) in [5.74, 6) is 1.54. The summed E-state index contributed by atoms with van der Waals surface area (Å²) < 4.78 is 6.96. The van der Waals surface area contributed by atoms with Gasteiger partial charge < -0.3 is 20.5 Å². The topological polar surface area (TPSA) is 53.5 Å². The number of hydrogen-bond acceptors (Lipinski definition) is 3. The van der Waals surface area contributed by atoms with E-state index < -0.39 is 5.72 Å². The molecule has 1 saturated heterocycles. The predicted octanol–water partition coefficient (Wildman–Crippen LogP) is 5.56. The van der Waals surface area contributed by atoms with Crippen LogP contribution in [0.5, 0.6) is 11.5 Å². The Morgan fingerprint density at radius 3 is 2.33 bits per heavy atom. The SMILES string of the molecule is Cc1cc(O)cc2c1[C@@H](c1ccccc1)[C@H]1CCC[C@H]3[C@@H](c4ccccc4)NC(=S)N[C@@]13O2. The highest BCUT2D eigenvalue weighted by molar-refractivity contribution is 7.80. The maximum Gasteiger partial charge on any atom is 0.191 e. The summed E-state index contributed by atoms with van der Waals surface area (Å²) in [6, 6.07) is 25.0. The molecule has 3 N–H and O–H groups in total. The van der Waals surface area contributed by atoms with Crippen molar-refractivity contribution in [2.75, 3.05) is 0 Å². The second kappa shape index (κ2) is 7.77. The van der Waals surface area contributed by atoms with E-state index in [1.165, 1.54) is 16.7 Å². The lowest BCUT2D eigenvalue weighted by Gasteiger charge is -2.59. The number of phenols is 1. The summed E-state index contributed by atoms with van der Waals surface area (Å²) in [5.41, 5.74) is 4.10. The third-order valence-corrected chi connectivity index (χ3v) is 7.99. The molecule has 1 spiro atoms. The molecule has 6 rings (SSSR count). The van der Waals surface area contributed by atoms with Gasteiger partial charge in [0.15, 0.2) is 10.8 Å². The van der Waals surface area contributed by atoms with Gasteiger partial charge in [-0.15, -0.1) is 0 Å². The van der Waals surface area contributed by atoms with Crippen molar-refractivity contribution in [1.82, 2.24) is 10.6 Å². The molecule has 2 aliphatic heterocycles. The van der Waals surface area contributed by atoms with Gasteiger partial charge in [-0.1, -0.05) is 67.1 Å². The molecule has 0 radical (unpaired) electrons. The number of fused-ring (bicyclic) bond motifs is 1. The van der Waals surface area contributed by atoms with E-state index in [-0.39, 0.29) is 29.5 Å². The zero-order valence-electron chi connectivity index (χ0n) is 18.6. The van der Waals surface area contributed by atoms with Crippen LogP contribution in [0.15, 0.2) is 72.8 Å². The Labute approximate surface area is 200 Å². The number of rotatable bonds is 2. The summed E-state index contributed by atoms with van der Waals surface area (Å²) in [5, 5.41) is 18.3. The fourth-order valence-electron chi connectivity index (χ4n) is 6.56. The van der Waals surface area contributed by atoms with Gasteiger partial charge in [-0.25, -0.2) is 0 Å². The second-order valence-corrected chi connectivity index (χ2v) is 10.00. The molecule has 0 bridgehead atoms. The average molecular weight is 457 g/mol. The van der Waals surface area contributed by atoms with Crippen LogP contribution >= 0.6 is 12.2 Å². The summed E-state index contributed by atoms with van der Waals surface area (Å²) in [4.78, 5) is 0. The fraction of sp³-hybridized carbons (Fsp3) is 0.321. The van der Waals surface area contributed by atoms with Crippen LogP contribution in [0.1, 0.15) is 53.5 Å². The Morgan fingerprint density at radius 2 is 1.61 bits per heavy atom. The van der Waals surface area contributed by atoms with Crippen LogP contribution in [0.2, 0.25) is 0 Å². The molecule has 2 heterocycles. The molecule has 168 valence electrons. The van der Waals surface area contributed by atoms with Gasteiger partial charge in [0, 0.05) is 29.4 Å². The third kappa shape index (κ3) is 3.21. The summed E-state index contributed by atoms with van der Waals surface area (Å²) in [7, 11) is 0. The highest BCUT2D eigenvalue weighted by atomic mass is 32.1. The number of thiocarbonyl (C=S) groups is 1. The van der Waals surface area contributed by atoms with Gasteiger partial charge in [0.1, 0.15) is 11.5 Å². The van der Waals surface area contributed by atoms with Crippen LogP contribution in [-0.2, 0) is 0 Å². The monoisotopic (exact) mass is 456 g/mol. The number of ether oxygens (including phenoxy) is 1. The van der Waals surface area contributed by atoms with Crippen molar-refractivity contribution in [3.8, 4) is 11.5 Å². The molecule has 0 amide bonds. The number of nitrogens with one attached hydrogen (secondary N) is 2. The van der Waals surface area contributed by atoms with Crippen LogP contribution in [0, 0.1) is 18.8 Å². The first-order valence-corrected chi connectivity index (χ1v) is 12.2. The molecule has 3 aromatic carbocycles. The van der Waals surface area contributed by atoms with Crippen molar-refractivity contribution < 1.29 is 9.84 Å². The fourth-order valence-corrected chi connectivity index (χ4v) is 6.84. The number of hydrogen-bond donors (Lipinski definition) is 3. The first kappa shape index (κ1) is 20.5. The first-order chi connectivity index (χ1) is 16.1. The van der Waals surface area contributed by atoms with Crippen molar-refractivity contribution in [3.05, 3.63) is 95.1 Å². The normalized spacial score (nSPS) is 30.0. The minimum atomic E-state index is -0.644. The van der Waals surface area contributed by atoms with Crippen molar-refractivity contribution in [1.29, 1.82) is 0 Å². The Bertz CT molecular complexity index is 1200. The Hall–Kier alpha value is -3.05. The number of aromatic hydroxyl groups is 1. The van der Waals surface area contributed by atoms with E-state index in [4.69, 9.17) is 17.0 Å². The Kier molecular flexibility index (Phi) is 4.84. The molecule has 33 heavy (non-hydrogen) atoms. The minimum absolute atomic E-state index is 0.0686. The predicted molar refractivity (Wildman–Crippen MR) is 133 cm³/mol. The summed E-state index contributed by atoms with van der Waals surface area (Å²) in [6.45, 7) is 2.07. The molecule has 0 aromatic heterocycles. The zero-order valence-corrected chi connectivity index (χ0v) is 19.4. The smallest absolute Gasteiger partial charge is 0.191 e. The maximum absolute atomic E-state index is 10.5. The highest BCUT2D eigenvalue weighted by Gasteiger charge is 2.61. The second-order valence-electron chi connectivity index (χ2n) is 9.59. The molecular weight excluding hydrogens is 428 g/mol. The van der Waals surface area contributed by atoms with E-state index in [0.717, 1.165) is 30.6 Å². The minimum Gasteiger partial charge on any atom is -0.508 e. The van der Waals surface area contributed by atoms with Crippen molar-refractivity contribution >= 4 is 17.3 Å². The largest absolute Gasteiger partial charge is 0.508 e. The maximum atomic E-state index is 10.5. The standard InChI is InChI=1S/C28H28N2O2S/c1-17-15-20(31)16-23-24(17)25(18-9-4-2-5-10-18)21-13-8-14-22-26(19-11-6-3-7-12-19)29-27(33)30-28(21,22)32-23/h2-7,9-12,15-16,21-22,25-26,31H,8,13-14H2,1H3,(H2,29,30,33)/t21-,22+,25+,26-,28-/m1/s1. The molecule has 0 unspecified atom stereocenters. The van der Waals surface area contributed by atoms with Crippen LogP contribution < -0.4 is 15.4 Å². The number of phenolic OH excluding ortho intramolecular Hbond substituents is 1. The van der Waals surface area contributed by atoms with Crippen LogP contribution in [0.4, 0.5) is 0 Å². The van der Waals surface area contributed by atoms with Gasteiger partial charge in [-0.2, -0.15) is 0 Å². The third-order valence-electron chi connectivity index (χ3n) is 7.77. The van der Waals surface area contributed by atoms with Crippen LogP contribution in [0.25, 0.3) is 0 Å². The van der Waals surface area contributed by atoms with Gasteiger partial charge in [-0.05, 0) is 54.7 Å². The van der Waals surface area contributed by atoms with Crippen LogP contribution in [-0.4, -0.2) is 15.9 Å². The molecule has 5 heteroatoms. The van der Waals surface area contributed by atoms with Gasteiger partial charge in [0.2, 0.25) is 0 Å². The van der Waals surface area contributed by atoms with E-state index in [9.17, 15) is 5.11 Å². The van der Waals surface area contributed by atoms with Crippen molar-refractivity contribution in [3.63, 3.8) is 0 Å². The molecule has 3 aromatic rings. The molecular formula is C28H28N2O2S. The Morgan fingerprint density at radius 1 is 0.939 bits per heavy atom. The molecule has 3 aliphatic rings. The lowest BCUT2D eigenvalue weighted by molar-refractivity contribution is -0.121. The van der Waals surface area contributed by atoms with Gasteiger partial charge in [0.05, 0.1) is 6.04 Å². The lowest BCUT2D eigenvalue weighted by atomic mass is 9.60.